The Balaban J connectivity index is 2.29. The monoisotopic (exact) mass is 340 g/mol. The lowest BCUT2D eigenvalue weighted by Gasteiger charge is -2.09. The van der Waals surface area contributed by atoms with E-state index in [2.05, 4.69) is 37.2 Å². The molecule has 0 bridgehead atoms. The minimum absolute atomic E-state index is 0.707. The zero-order valence-corrected chi connectivity index (χ0v) is 11.5. The molecule has 2 aromatic rings. The second kappa shape index (κ2) is 4.89. The normalized spacial score (nSPS) is 10.1. The van der Waals surface area contributed by atoms with Crippen LogP contribution in [0.3, 0.4) is 0 Å². The fourth-order valence-electron chi connectivity index (χ4n) is 1.34. The SMILES string of the molecule is Nc1c(Br)cc(Nc2ccccc2)cc1Br. The average molecular weight is 342 g/mol. The molecular weight excluding hydrogens is 332 g/mol. The molecule has 0 amide bonds. The van der Waals surface area contributed by atoms with Crippen LogP contribution in [0.5, 0.6) is 0 Å². The summed E-state index contributed by atoms with van der Waals surface area (Å²) in [5.74, 6) is 0. The molecule has 0 aliphatic rings. The third-order valence-electron chi connectivity index (χ3n) is 2.14. The number of halogens is 2. The third kappa shape index (κ3) is 2.57. The Morgan fingerprint density at radius 2 is 1.44 bits per heavy atom. The number of hydrogen-bond acceptors (Lipinski definition) is 2. The summed E-state index contributed by atoms with van der Waals surface area (Å²) in [6.45, 7) is 0. The van der Waals surface area contributed by atoms with Crippen molar-refractivity contribution in [2.24, 2.45) is 0 Å². The molecular formula is C12H10Br2N2. The first-order valence-electron chi connectivity index (χ1n) is 4.73. The van der Waals surface area contributed by atoms with Gasteiger partial charge in [0.1, 0.15) is 0 Å². The number of benzene rings is 2. The van der Waals surface area contributed by atoms with E-state index in [1.165, 1.54) is 0 Å². The molecule has 2 rings (SSSR count). The molecule has 16 heavy (non-hydrogen) atoms. The first kappa shape index (κ1) is 11.5. The zero-order chi connectivity index (χ0) is 11.5. The van der Waals surface area contributed by atoms with Crippen molar-refractivity contribution < 1.29 is 0 Å². The van der Waals surface area contributed by atoms with Crippen molar-refractivity contribution in [1.29, 1.82) is 0 Å². The van der Waals surface area contributed by atoms with Crippen molar-refractivity contribution in [3.63, 3.8) is 0 Å². The standard InChI is InChI=1S/C12H10Br2N2/c13-10-6-9(7-11(14)12(10)15)16-8-4-2-1-3-5-8/h1-7,16H,15H2. The number of hydrogen-bond donors (Lipinski definition) is 2. The molecule has 0 atom stereocenters. The molecule has 2 nitrogen and oxygen atoms in total. The van der Waals surface area contributed by atoms with Gasteiger partial charge in [0.2, 0.25) is 0 Å². The molecule has 0 aliphatic carbocycles. The van der Waals surface area contributed by atoms with Crippen LogP contribution >= 0.6 is 31.9 Å². The van der Waals surface area contributed by atoms with E-state index in [1.54, 1.807) is 0 Å². The van der Waals surface area contributed by atoms with E-state index in [4.69, 9.17) is 5.73 Å². The Labute approximate surface area is 111 Å². The minimum Gasteiger partial charge on any atom is -0.397 e. The molecule has 0 spiro atoms. The van der Waals surface area contributed by atoms with Crippen molar-refractivity contribution in [3.05, 3.63) is 51.4 Å². The summed E-state index contributed by atoms with van der Waals surface area (Å²) in [6.07, 6.45) is 0. The molecule has 0 radical (unpaired) electrons. The summed E-state index contributed by atoms with van der Waals surface area (Å²) in [6, 6.07) is 13.9. The lowest BCUT2D eigenvalue weighted by atomic mass is 10.2. The highest BCUT2D eigenvalue weighted by atomic mass is 79.9. The number of para-hydroxylation sites is 1. The maximum Gasteiger partial charge on any atom is 0.0604 e. The van der Waals surface area contributed by atoms with Crippen molar-refractivity contribution in [2.75, 3.05) is 11.1 Å². The van der Waals surface area contributed by atoms with E-state index in [0.717, 1.165) is 20.3 Å². The second-order valence-corrected chi connectivity index (χ2v) is 5.05. The van der Waals surface area contributed by atoms with Gasteiger partial charge in [-0.1, -0.05) is 18.2 Å². The van der Waals surface area contributed by atoms with Crippen LogP contribution in [0.1, 0.15) is 0 Å². The summed E-state index contributed by atoms with van der Waals surface area (Å²) in [4.78, 5) is 0. The maximum atomic E-state index is 5.82. The van der Waals surface area contributed by atoms with E-state index in [-0.39, 0.29) is 0 Å². The Kier molecular flexibility index (Phi) is 3.51. The molecule has 0 heterocycles. The van der Waals surface area contributed by atoms with Gasteiger partial charge in [-0.15, -0.1) is 0 Å². The van der Waals surface area contributed by atoms with Gasteiger partial charge in [-0.3, -0.25) is 0 Å². The fourth-order valence-corrected chi connectivity index (χ4v) is 2.53. The maximum absolute atomic E-state index is 5.82. The highest BCUT2D eigenvalue weighted by Crippen LogP contribution is 2.32. The summed E-state index contributed by atoms with van der Waals surface area (Å²) in [7, 11) is 0. The molecule has 0 unspecified atom stereocenters. The Hall–Kier alpha value is -1.00. The van der Waals surface area contributed by atoms with Crippen LogP contribution < -0.4 is 11.1 Å². The summed E-state index contributed by atoms with van der Waals surface area (Å²) in [5, 5.41) is 3.30. The van der Waals surface area contributed by atoms with Crippen molar-refractivity contribution in [2.45, 2.75) is 0 Å². The van der Waals surface area contributed by atoms with Crippen LogP contribution in [-0.2, 0) is 0 Å². The fraction of sp³-hybridized carbons (Fsp3) is 0. The minimum atomic E-state index is 0.707. The van der Waals surface area contributed by atoms with Gasteiger partial charge in [-0.05, 0) is 56.1 Å². The lowest BCUT2D eigenvalue weighted by molar-refractivity contribution is 1.51. The van der Waals surface area contributed by atoms with Crippen molar-refractivity contribution >= 4 is 48.9 Å². The molecule has 0 fully saturated rings. The number of anilines is 3. The van der Waals surface area contributed by atoms with Crippen LogP contribution in [0, 0.1) is 0 Å². The van der Waals surface area contributed by atoms with Gasteiger partial charge in [-0.2, -0.15) is 0 Å². The van der Waals surface area contributed by atoms with Crippen molar-refractivity contribution in [3.8, 4) is 0 Å². The number of nitrogen functional groups attached to an aromatic ring is 1. The van der Waals surface area contributed by atoms with E-state index < -0.39 is 0 Å². The molecule has 4 heteroatoms. The number of nitrogens with one attached hydrogen (secondary N) is 1. The van der Waals surface area contributed by atoms with Gasteiger partial charge in [0.15, 0.2) is 0 Å². The number of nitrogens with two attached hydrogens (primary N) is 1. The van der Waals surface area contributed by atoms with Gasteiger partial charge >= 0.3 is 0 Å². The molecule has 0 saturated carbocycles. The number of rotatable bonds is 2. The zero-order valence-electron chi connectivity index (χ0n) is 8.37. The van der Waals surface area contributed by atoms with Crippen LogP contribution in [0.15, 0.2) is 51.4 Å². The average Bonchev–Trinajstić information content (AvgIpc) is 2.27. The van der Waals surface area contributed by atoms with Gasteiger partial charge < -0.3 is 11.1 Å². The van der Waals surface area contributed by atoms with Gasteiger partial charge in [0, 0.05) is 20.3 Å². The Morgan fingerprint density at radius 1 is 0.875 bits per heavy atom. The Morgan fingerprint density at radius 3 is 2.00 bits per heavy atom. The van der Waals surface area contributed by atoms with Crippen molar-refractivity contribution in [1.82, 2.24) is 0 Å². The molecule has 0 saturated heterocycles. The summed E-state index contributed by atoms with van der Waals surface area (Å²) < 4.78 is 1.75. The predicted molar refractivity (Wildman–Crippen MR) is 76.0 cm³/mol. The van der Waals surface area contributed by atoms with Crippen LogP contribution in [0.25, 0.3) is 0 Å². The highest BCUT2D eigenvalue weighted by molar-refractivity contribution is 9.11. The first-order valence-corrected chi connectivity index (χ1v) is 6.32. The van der Waals surface area contributed by atoms with E-state index >= 15 is 0 Å². The molecule has 82 valence electrons. The molecule has 2 aromatic carbocycles. The van der Waals surface area contributed by atoms with Gasteiger partial charge in [-0.25, -0.2) is 0 Å². The van der Waals surface area contributed by atoms with E-state index in [9.17, 15) is 0 Å². The quantitative estimate of drug-likeness (QED) is 0.787. The third-order valence-corrected chi connectivity index (χ3v) is 3.45. The van der Waals surface area contributed by atoms with E-state index in [0.29, 0.717) is 5.69 Å². The first-order chi connectivity index (χ1) is 7.66. The topological polar surface area (TPSA) is 38.0 Å². The summed E-state index contributed by atoms with van der Waals surface area (Å²) >= 11 is 6.83. The second-order valence-electron chi connectivity index (χ2n) is 3.34. The largest absolute Gasteiger partial charge is 0.397 e. The molecule has 0 aromatic heterocycles. The smallest absolute Gasteiger partial charge is 0.0604 e. The summed E-state index contributed by atoms with van der Waals surface area (Å²) in [5.41, 5.74) is 8.56. The van der Waals surface area contributed by atoms with Gasteiger partial charge in [0.25, 0.3) is 0 Å². The molecule has 3 N–H and O–H groups in total. The lowest BCUT2D eigenvalue weighted by Crippen LogP contribution is -1.93. The Bertz CT molecular complexity index is 475. The molecule has 0 aliphatic heterocycles. The van der Waals surface area contributed by atoms with Crippen LogP contribution in [0.2, 0.25) is 0 Å². The highest BCUT2D eigenvalue weighted by Gasteiger charge is 2.03. The predicted octanol–water partition coefficient (Wildman–Crippen LogP) is 4.54. The van der Waals surface area contributed by atoms with Crippen LogP contribution in [-0.4, -0.2) is 0 Å². The van der Waals surface area contributed by atoms with E-state index in [1.807, 2.05) is 42.5 Å². The van der Waals surface area contributed by atoms with Crippen LogP contribution in [0.4, 0.5) is 17.1 Å². The van der Waals surface area contributed by atoms with Gasteiger partial charge in [0.05, 0.1) is 5.69 Å².